The number of rotatable bonds is 6. The lowest BCUT2D eigenvalue weighted by Gasteiger charge is -2.20. The summed E-state index contributed by atoms with van der Waals surface area (Å²) in [7, 11) is 0. The van der Waals surface area contributed by atoms with Crippen molar-refractivity contribution in [3.63, 3.8) is 0 Å². The molecule has 0 saturated carbocycles. The Morgan fingerprint density at radius 3 is 2.44 bits per heavy atom. The van der Waals surface area contributed by atoms with Gasteiger partial charge in [-0.15, -0.1) is 0 Å². The van der Waals surface area contributed by atoms with Gasteiger partial charge in [0.25, 0.3) is 0 Å². The van der Waals surface area contributed by atoms with Crippen molar-refractivity contribution in [3.05, 3.63) is 55.4 Å². The molecule has 0 bridgehead atoms. The molecule has 0 radical (unpaired) electrons. The number of aliphatic hydroxyl groups excluding tert-OH is 1. The molecule has 0 heterocycles. The van der Waals surface area contributed by atoms with Crippen molar-refractivity contribution >= 4 is 59.6 Å². The fraction of sp³-hybridized carbons (Fsp3) is 0.235. The van der Waals surface area contributed by atoms with Crippen molar-refractivity contribution in [2.45, 2.75) is 18.9 Å². The summed E-state index contributed by atoms with van der Waals surface area (Å²) in [4.78, 5) is 12.2. The molecule has 0 aromatic heterocycles. The maximum absolute atomic E-state index is 12.2. The molecule has 0 unspecified atom stereocenters. The molecule has 0 aliphatic rings. The predicted octanol–water partition coefficient (Wildman–Crippen LogP) is 5.74. The number of phenolic OH excluding ortho intramolecular Hbond substituents is 1. The van der Waals surface area contributed by atoms with E-state index in [1.54, 1.807) is 36.4 Å². The molecule has 0 spiro atoms. The molecule has 2 aromatic rings. The van der Waals surface area contributed by atoms with E-state index in [1.807, 2.05) is 0 Å². The third-order valence-electron chi connectivity index (χ3n) is 3.37. The van der Waals surface area contributed by atoms with Crippen LogP contribution in [0.5, 0.6) is 5.75 Å². The van der Waals surface area contributed by atoms with E-state index < -0.39 is 12.2 Å². The molecule has 2 aromatic carbocycles. The van der Waals surface area contributed by atoms with Crippen LogP contribution in [-0.2, 0) is 4.74 Å². The molecule has 5 nitrogen and oxygen atoms in total. The number of nitrogens with one attached hydrogen (secondary N) is 1. The molecular formula is C17H16Br3NO4. The van der Waals surface area contributed by atoms with Crippen molar-refractivity contribution in [2.75, 3.05) is 11.9 Å². The van der Waals surface area contributed by atoms with Crippen LogP contribution in [0.3, 0.4) is 0 Å². The second kappa shape index (κ2) is 9.56. The average molecular weight is 538 g/mol. The van der Waals surface area contributed by atoms with E-state index in [2.05, 4.69) is 53.1 Å². The number of halogens is 3. The second-order valence-electron chi connectivity index (χ2n) is 5.22. The van der Waals surface area contributed by atoms with Crippen LogP contribution in [0.1, 0.15) is 24.5 Å². The van der Waals surface area contributed by atoms with Crippen molar-refractivity contribution in [3.8, 4) is 5.75 Å². The molecule has 0 aliphatic carbocycles. The molecule has 2 rings (SSSR count). The lowest BCUT2D eigenvalue weighted by molar-refractivity contribution is 0.0979. The molecule has 134 valence electrons. The summed E-state index contributed by atoms with van der Waals surface area (Å²) in [5, 5.41) is 22.0. The fourth-order valence-corrected chi connectivity index (χ4v) is 3.72. The van der Waals surface area contributed by atoms with Crippen LogP contribution in [0.4, 0.5) is 10.5 Å². The van der Waals surface area contributed by atoms with Crippen LogP contribution in [0, 0.1) is 0 Å². The summed E-state index contributed by atoms with van der Waals surface area (Å²) < 4.78 is 7.61. The van der Waals surface area contributed by atoms with Crippen molar-refractivity contribution < 1.29 is 19.7 Å². The van der Waals surface area contributed by atoms with Gasteiger partial charge in [0.05, 0.1) is 4.47 Å². The number of hydrogen-bond donors (Lipinski definition) is 3. The van der Waals surface area contributed by atoms with E-state index in [4.69, 9.17) is 9.84 Å². The third-order valence-corrected chi connectivity index (χ3v) is 4.96. The molecular weight excluding hydrogens is 522 g/mol. The number of amides is 1. The van der Waals surface area contributed by atoms with Gasteiger partial charge in [-0.2, -0.15) is 0 Å². The van der Waals surface area contributed by atoms with Crippen LogP contribution < -0.4 is 5.32 Å². The van der Waals surface area contributed by atoms with Crippen LogP contribution in [0.25, 0.3) is 0 Å². The van der Waals surface area contributed by atoms with E-state index in [1.165, 1.54) is 0 Å². The van der Waals surface area contributed by atoms with Crippen molar-refractivity contribution in [2.24, 2.45) is 0 Å². The molecule has 0 saturated heterocycles. The van der Waals surface area contributed by atoms with E-state index in [0.29, 0.717) is 28.6 Å². The number of ether oxygens (including phenoxy) is 1. The normalized spacial score (nSPS) is 11.8. The van der Waals surface area contributed by atoms with Gasteiger partial charge in [-0.25, -0.2) is 4.79 Å². The van der Waals surface area contributed by atoms with E-state index in [0.717, 1.165) is 8.95 Å². The smallest absolute Gasteiger partial charge is 0.412 e. The summed E-state index contributed by atoms with van der Waals surface area (Å²) >= 11 is 9.96. The van der Waals surface area contributed by atoms with Crippen LogP contribution in [0.15, 0.2) is 49.8 Å². The number of aromatic hydroxyl groups is 1. The van der Waals surface area contributed by atoms with Gasteiger partial charge in [-0.3, -0.25) is 5.32 Å². The first-order valence-electron chi connectivity index (χ1n) is 7.42. The van der Waals surface area contributed by atoms with Gasteiger partial charge in [-0.05, 0) is 65.2 Å². The number of phenols is 1. The van der Waals surface area contributed by atoms with Gasteiger partial charge < -0.3 is 14.9 Å². The molecule has 8 heteroatoms. The Labute approximate surface area is 170 Å². The van der Waals surface area contributed by atoms with Crippen molar-refractivity contribution in [1.82, 2.24) is 0 Å². The van der Waals surface area contributed by atoms with Gasteiger partial charge in [0.2, 0.25) is 0 Å². The summed E-state index contributed by atoms with van der Waals surface area (Å²) in [5.74, 6) is 0.00239. The SMILES string of the molecule is O=C(Nc1ccc(Br)cc1)O[C@H](CCCO)c1cc(Br)cc(Br)c1O. The minimum atomic E-state index is -0.698. The van der Waals surface area contributed by atoms with Gasteiger partial charge >= 0.3 is 6.09 Å². The van der Waals surface area contributed by atoms with Crippen LogP contribution >= 0.6 is 47.8 Å². The summed E-state index contributed by atoms with van der Waals surface area (Å²) in [5.41, 5.74) is 1.05. The lowest BCUT2D eigenvalue weighted by atomic mass is 10.0. The van der Waals surface area contributed by atoms with E-state index in [9.17, 15) is 9.90 Å². The minimum absolute atomic E-state index is 0.00239. The summed E-state index contributed by atoms with van der Waals surface area (Å²) in [6, 6.07) is 10.5. The highest BCUT2D eigenvalue weighted by molar-refractivity contribution is 9.11. The Balaban J connectivity index is 2.17. The maximum atomic E-state index is 12.2. The van der Waals surface area contributed by atoms with Crippen LogP contribution in [-0.4, -0.2) is 22.9 Å². The molecule has 0 fully saturated rings. The first-order valence-corrected chi connectivity index (χ1v) is 9.80. The highest BCUT2D eigenvalue weighted by Crippen LogP contribution is 2.38. The topological polar surface area (TPSA) is 78.8 Å². The van der Waals surface area contributed by atoms with Gasteiger partial charge in [-0.1, -0.05) is 31.9 Å². The Morgan fingerprint density at radius 2 is 1.80 bits per heavy atom. The predicted molar refractivity (Wildman–Crippen MR) is 107 cm³/mol. The fourth-order valence-electron chi connectivity index (χ4n) is 2.20. The first-order chi connectivity index (χ1) is 11.9. The van der Waals surface area contributed by atoms with Gasteiger partial charge in [0.15, 0.2) is 0 Å². The number of carbonyl (C=O) groups excluding carboxylic acids is 1. The zero-order valence-electron chi connectivity index (χ0n) is 13.0. The third kappa shape index (κ3) is 5.99. The zero-order valence-corrected chi connectivity index (χ0v) is 17.8. The molecule has 25 heavy (non-hydrogen) atoms. The Hall–Kier alpha value is -1.09. The number of anilines is 1. The van der Waals surface area contributed by atoms with Gasteiger partial charge in [0.1, 0.15) is 11.9 Å². The monoisotopic (exact) mass is 535 g/mol. The van der Waals surface area contributed by atoms with Crippen LogP contribution in [0.2, 0.25) is 0 Å². The summed E-state index contributed by atoms with van der Waals surface area (Å²) in [6.07, 6.45) is -0.530. The second-order valence-corrected chi connectivity index (χ2v) is 7.90. The first kappa shape index (κ1) is 20.2. The maximum Gasteiger partial charge on any atom is 0.412 e. The Kier molecular flexibility index (Phi) is 7.74. The van der Waals surface area contributed by atoms with E-state index >= 15 is 0 Å². The Bertz CT molecular complexity index is 737. The van der Waals surface area contributed by atoms with Crippen molar-refractivity contribution in [1.29, 1.82) is 0 Å². The van der Waals surface area contributed by atoms with E-state index in [-0.39, 0.29) is 12.4 Å². The lowest BCUT2D eigenvalue weighted by Crippen LogP contribution is -2.18. The highest BCUT2D eigenvalue weighted by atomic mass is 79.9. The number of aliphatic hydroxyl groups is 1. The molecule has 1 atom stereocenters. The minimum Gasteiger partial charge on any atom is -0.506 e. The molecule has 3 N–H and O–H groups in total. The number of carbonyl (C=O) groups is 1. The number of benzene rings is 2. The highest BCUT2D eigenvalue weighted by Gasteiger charge is 2.22. The average Bonchev–Trinajstić information content (AvgIpc) is 2.57. The quantitative estimate of drug-likeness (QED) is 0.439. The van der Waals surface area contributed by atoms with Gasteiger partial charge in [0, 0.05) is 26.8 Å². The molecule has 1 amide bonds. The molecule has 0 aliphatic heterocycles. The Morgan fingerprint density at radius 1 is 1.12 bits per heavy atom. The number of hydrogen-bond acceptors (Lipinski definition) is 4. The largest absolute Gasteiger partial charge is 0.506 e. The zero-order chi connectivity index (χ0) is 18.4. The summed E-state index contributed by atoms with van der Waals surface area (Å²) in [6.45, 7) is -0.0376. The standard InChI is InChI=1S/C17H16Br3NO4/c18-10-3-5-12(6-4-10)21-17(24)25-15(2-1-7-22)13-8-11(19)9-14(20)16(13)23/h3-6,8-9,15,22-23H,1-2,7H2,(H,21,24)/t15-/m1/s1.